The van der Waals surface area contributed by atoms with Gasteiger partial charge in [0, 0.05) is 18.3 Å². The summed E-state index contributed by atoms with van der Waals surface area (Å²) in [6.45, 7) is 5.58. The second-order valence-electron chi connectivity index (χ2n) is 5.59. The third-order valence-electron chi connectivity index (χ3n) is 3.85. The fraction of sp³-hybridized carbons (Fsp3) is 0.368. The monoisotopic (exact) mass is 283 g/mol. The molecule has 0 aliphatic rings. The van der Waals surface area contributed by atoms with Gasteiger partial charge in [0.05, 0.1) is 0 Å². The number of nitrogens with zero attached hydrogens (tertiary/aromatic N) is 1. The molecule has 2 rings (SSSR count). The van der Waals surface area contributed by atoms with E-state index in [1.165, 1.54) is 11.3 Å². The van der Waals surface area contributed by atoms with Crippen molar-refractivity contribution in [2.24, 2.45) is 0 Å². The van der Waals surface area contributed by atoms with Crippen LogP contribution in [0.5, 0.6) is 5.75 Å². The molecular formula is C19H25NO. The SMILES string of the molecule is CCCN(c1ccccc1)C(C)CCc1cccc(O)c1. The molecule has 2 aromatic carbocycles. The summed E-state index contributed by atoms with van der Waals surface area (Å²) in [5.41, 5.74) is 2.49. The van der Waals surface area contributed by atoms with Crippen LogP contribution in [0.25, 0.3) is 0 Å². The molecule has 0 radical (unpaired) electrons. The van der Waals surface area contributed by atoms with Crippen molar-refractivity contribution in [3.63, 3.8) is 0 Å². The van der Waals surface area contributed by atoms with Gasteiger partial charge in [0.2, 0.25) is 0 Å². The Morgan fingerprint density at radius 2 is 1.81 bits per heavy atom. The largest absolute Gasteiger partial charge is 0.508 e. The van der Waals surface area contributed by atoms with Crippen LogP contribution in [-0.2, 0) is 6.42 Å². The Hall–Kier alpha value is -1.96. The van der Waals surface area contributed by atoms with Gasteiger partial charge >= 0.3 is 0 Å². The second-order valence-corrected chi connectivity index (χ2v) is 5.59. The first-order chi connectivity index (χ1) is 10.2. The maximum absolute atomic E-state index is 9.54. The number of aryl methyl sites for hydroxylation is 1. The lowest BCUT2D eigenvalue weighted by atomic mass is 10.0. The summed E-state index contributed by atoms with van der Waals surface area (Å²) in [5, 5.41) is 9.54. The predicted molar refractivity (Wildman–Crippen MR) is 90.0 cm³/mol. The van der Waals surface area contributed by atoms with Crippen LogP contribution in [0.15, 0.2) is 54.6 Å². The van der Waals surface area contributed by atoms with Gasteiger partial charge in [-0.1, -0.05) is 37.3 Å². The Labute approximate surface area is 128 Å². The average molecular weight is 283 g/mol. The first-order valence-electron chi connectivity index (χ1n) is 7.80. The van der Waals surface area contributed by atoms with Crippen LogP contribution in [0.4, 0.5) is 5.69 Å². The highest BCUT2D eigenvalue weighted by atomic mass is 16.3. The van der Waals surface area contributed by atoms with Crippen molar-refractivity contribution in [2.75, 3.05) is 11.4 Å². The highest BCUT2D eigenvalue weighted by molar-refractivity contribution is 5.46. The molecule has 112 valence electrons. The van der Waals surface area contributed by atoms with Crippen LogP contribution in [0.3, 0.4) is 0 Å². The van der Waals surface area contributed by atoms with Gasteiger partial charge < -0.3 is 10.0 Å². The summed E-state index contributed by atoms with van der Waals surface area (Å²) in [6, 6.07) is 18.7. The Morgan fingerprint density at radius 3 is 2.48 bits per heavy atom. The molecular weight excluding hydrogens is 258 g/mol. The second kappa shape index (κ2) is 7.72. The molecule has 0 aromatic heterocycles. The molecule has 0 spiro atoms. The van der Waals surface area contributed by atoms with E-state index in [1.54, 1.807) is 6.07 Å². The van der Waals surface area contributed by atoms with Gasteiger partial charge in [-0.3, -0.25) is 0 Å². The Bertz CT molecular complexity index is 538. The Morgan fingerprint density at radius 1 is 1.05 bits per heavy atom. The van der Waals surface area contributed by atoms with E-state index < -0.39 is 0 Å². The van der Waals surface area contributed by atoms with Crippen molar-refractivity contribution >= 4 is 5.69 Å². The predicted octanol–water partition coefficient (Wildman–Crippen LogP) is 4.63. The van der Waals surface area contributed by atoms with Gasteiger partial charge in [0.15, 0.2) is 0 Å². The van der Waals surface area contributed by atoms with Gasteiger partial charge in [-0.05, 0) is 56.0 Å². The van der Waals surface area contributed by atoms with Crippen LogP contribution in [-0.4, -0.2) is 17.7 Å². The fourth-order valence-corrected chi connectivity index (χ4v) is 2.71. The molecule has 2 heteroatoms. The molecule has 0 heterocycles. The normalized spacial score (nSPS) is 12.1. The molecule has 0 aliphatic heterocycles. The molecule has 1 unspecified atom stereocenters. The van der Waals surface area contributed by atoms with Gasteiger partial charge in [0.25, 0.3) is 0 Å². The zero-order valence-electron chi connectivity index (χ0n) is 13.0. The molecule has 2 nitrogen and oxygen atoms in total. The third-order valence-corrected chi connectivity index (χ3v) is 3.85. The molecule has 0 amide bonds. The summed E-state index contributed by atoms with van der Waals surface area (Å²) >= 11 is 0. The minimum atomic E-state index is 0.355. The molecule has 1 N–H and O–H groups in total. The first-order valence-corrected chi connectivity index (χ1v) is 7.80. The van der Waals surface area contributed by atoms with E-state index in [0.29, 0.717) is 11.8 Å². The smallest absolute Gasteiger partial charge is 0.115 e. The molecule has 1 atom stereocenters. The number of phenolic OH excluding ortho intramolecular Hbond substituents is 1. The highest BCUT2D eigenvalue weighted by Crippen LogP contribution is 2.20. The van der Waals surface area contributed by atoms with Crippen LogP contribution in [0.1, 0.15) is 32.3 Å². The van der Waals surface area contributed by atoms with E-state index in [4.69, 9.17) is 0 Å². The molecule has 0 bridgehead atoms. The fourth-order valence-electron chi connectivity index (χ4n) is 2.71. The zero-order chi connectivity index (χ0) is 15.1. The van der Waals surface area contributed by atoms with Crippen molar-refractivity contribution in [3.05, 3.63) is 60.2 Å². The molecule has 2 aromatic rings. The van der Waals surface area contributed by atoms with Crippen LogP contribution < -0.4 is 4.90 Å². The van der Waals surface area contributed by atoms with Crippen LogP contribution in [0.2, 0.25) is 0 Å². The summed E-state index contributed by atoms with van der Waals surface area (Å²) in [5.74, 6) is 0.355. The topological polar surface area (TPSA) is 23.5 Å². The molecule has 0 saturated carbocycles. The van der Waals surface area contributed by atoms with Crippen molar-refractivity contribution in [2.45, 2.75) is 39.2 Å². The molecule has 0 aliphatic carbocycles. The van der Waals surface area contributed by atoms with Crippen molar-refractivity contribution < 1.29 is 5.11 Å². The van der Waals surface area contributed by atoms with E-state index in [0.717, 1.165) is 25.8 Å². The molecule has 0 saturated heterocycles. The van der Waals surface area contributed by atoms with E-state index >= 15 is 0 Å². The minimum Gasteiger partial charge on any atom is -0.508 e. The zero-order valence-corrected chi connectivity index (χ0v) is 13.0. The number of aromatic hydroxyl groups is 1. The third kappa shape index (κ3) is 4.52. The van der Waals surface area contributed by atoms with E-state index in [2.05, 4.69) is 55.1 Å². The van der Waals surface area contributed by atoms with Crippen LogP contribution in [0, 0.1) is 0 Å². The quantitative estimate of drug-likeness (QED) is 0.801. The number of phenols is 1. The van der Waals surface area contributed by atoms with E-state index in [1.807, 2.05) is 12.1 Å². The summed E-state index contributed by atoms with van der Waals surface area (Å²) in [6.07, 6.45) is 3.21. The molecule has 0 fully saturated rings. The van der Waals surface area contributed by atoms with Crippen molar-refractivity contribution in [1.82, 2.24) is 0 Å². The van der Waals surface area contributed by atoms with Gasteiger partial charge in [-0.15, -0.1) is 0 Å². The summed E-state index contributed by atoms with van der Waals surface area (Å²) in [4.78, 5) is 2.47. The number of hydrogen-bond acceptors (Lipinski definition) is 2. The van der Waals surface area contributed by atoms with Gasteiger partial charge in [-0.2, -0.15) is 0 Å². The lowest BCUT2D eigenvalue weighted by Crippen LogP contribution is -2.34. The minimum absolute atomic E-state index is 0.355. The van der Waals surface area contributed by atoms with E-state index in [9.17, 15) is 5.11 Å². The Balaban J connectivity index is 2.00. The lowest BCUT2D eigenvalue weighted by molar-refractivity contribution is 0.474. The molecule has 21 heavy (non-hydrogen) atoms. The number of anilines is 1. The number of rotatable bonds is 7. The Kier molecular flexibility index (Phi) is 5.68. The summed E-state index contributed by atoms with van der Waals surface area (Å²) in [7, 11) is 0. The maximum atomic E-state index is 9.54. The maximum Gasteiger partial charge on any atom is 0.115 e. The summed E-state index contributed by atoms with van der Waals surface area (Å²) < 4.78 is 0. The number of para-hydroxylation sites is 1. The number of hydrogen-bond donors (Lipinski definition) is 1. The lowest BCUT2D eigenvalue weighted by Gasteiger charge is -2.31. The highest BCUT2D eigenvalue weighted by Gasteiger charge is 2.13. The standard InChI is InChI=1S/C19H25NO/c1-3-14-20(18-9-5-4-6-10-18)16(2)12-13-17-8-7-11-19(21)15-17/h4-11,15-16,21H,3,12-14H2,1-2H3. The van der Waals surface area contributed by atoms with Crippen LogP contribution >= 0.6 is 0 Å². The van der Waals surface area contributed by atoms with Crippen molar-refractivity contribution in [3.8, 4) is 5.75 Å². The van der Waals surface area contributed by atoms with E-state index in [-0.39, 0.29) is 0 Å². The van der Waals surface area contributed by atoms with Gasteiger partial charge in [-0.25, -0.2) is 0 Å². The average Bonchev–Trinajstić information content (AvgIpc) is 2.51. The number of benzene rings is 2. The van der Waals surface area contributed by atoms with Crippen molar-refractivity contribution in [1.29, 1.82) is 0 Å². The first kappa shape index (κ1) is 15.4. The van der Waals surface area contributed by atoms with Gasteiger partial charge in [0.1, 0.15) is 5.75 Å².